The third-order valence-electron chi connectivity index (χ3n) is 1.55. The fraction of sp³-hybridized carbons (Fsp3) is 0.600. The molecule has 0 spiro atoms. The van der Waals surface area contributed by atoms with Crippen molar-refractivity contribution in [2.45, 2.75) is 39.5 Å². The smallest absolute Gasteiger partial charge is 0.244 e. The van der Waals surface area contributed by atoms with Crippen LogP contribution in [-0.4, -0.2) is 4.89 Å². The molecular weight excluding hydrogens is 183 g/mol. The maximum absolute atomic E-state index is 11.3. The van der Waals surface area contributed by atoms with Crippen molar-refractivity contribution in [1.29, 1.82) is 0 Å². The van der Waals surface area contributed by atoms with E-state index >= 15 is 0 Å². The average Bonchev–Trinajstić information content (AvgIpc) is 2.05. The number of hydrogen-bond acceptors (Lipinski definition) is 1. The van der Waals surface area contributed by atoms with E-state index in [0.29, 0.717) is 0 Å². The van der Waals surface area contributed by atoms with E-state index in [-0.39, 0.29) is 0 Å². The van der Waals surface area contributed by atoms with Crippen LogP contribution in [0.3, 0.4) is 0 Å². The molecule has 2 nitrogen and oxygen atoms in total. The Morgan fingerprint density at radius 2 is 1.46 bits per heavy atom. The van der Waals surface area contributed by atoms with Crippen molar-refractivity contribution in [3.63, 3.8) is 0 Å². The van der Waals surface area contributed by atoms with E-state index in [1.54, 1.807) is 12.2 Å². The monoisotopic (exact) mass is 202 g/mol. The lowest BCUT2D eigenvalue weighted by molar-refractivity contribution is 0.499. The van der Waals surface area contributed by atoms with Crippen molar-refractivity contribution in [2.24, 2.45) is 0 Å². The first kappa shape index (κ1) is 12.7. The summed E-state index contributed by atoms with van der Waals surface area (Å²) in [5.74, 6) is 2.84. The highest BCUT2D eigenvalue weighted by atomic mass is 31.2. The van der Waals surface area contributed by atoms with E-state index < -0.39 is 7.37 Å². The molecular formula is C10H19O2P. The molecule has 0 fully saturated rings. The van der Waals surface area contributed by atoms with Crippen molar-refractivity contribution >= 4 is 7.37 Å². The molecule has 0 amide bonds. The summed E-state index contributed by atoms with van der Waals surface area (Å²) in [6.45, 7) is 4.08. The maximum Gasteiger partial charge on any atom is 0.244 e. The Morgan fingerprint density at radius 1 is 1.08 bits per heavy atom. The van der Waals surface area contributed by atoms with E-state index in [9.17, 15) is 9.46 Å². The lowest BCUT2D eigenvalue weighted by atomic mass is 10.3. The van der Waals surface area contributed by atoms with Crippen molar-refractivity contribution in [3.05, 3.63) is 23.8 Å². The molecule has 13 heavy (non-hydrogen) atoms. The predicted molar refractivity (Wildman–Crippen MR) is 57.9 cm³/mol. The van der Waals surface area contributed by atoms with Gasteiger partial charge in [-0.2, -0.15) is 0 Å². The summed E-state index contributed by atoms with van der Waals surface area (Å²) in [6, 6.07) is 0. The Morgan fingerprint density at radius 3 is 1.77 bits per heavy atom. The Hall–Kier alpha value is -0.330. The minimum atomic E-state index is -3.11. The number of allylic oxidation sites excluding steroid dienone is 2. The molecule has 76 valence electrons. The highest BCUT2D eigenvalue weighted by Crippen LogP contribution is 2.44. The summed E-state index contributed by atoms with van der Waals surface area (Å²) in [4.78, 5) is 9.35. The molecule has 0 aliphatic heterocycles. The third kappa shape index (κ3) is 8.01. The van der Waals surface area contributed by atoms with Crippen LogP contribution < -0.4 is 0 Å². The first-order valence-electron chi connectivity index (χ1n) is 4.80. The molecule has 0 saturated carbocycles. The van der Waals surface area contributed by atoms with Crippen molar-refractivity contribution in [1.82, 2.24) is 0 Å². The van der Waals surface area contributed by atoms with Gasteiger partial charge in [0.05, 0.1) is 0 Å². The molecule has 0 aromatic rings. The predicted octanol–water partition coefficient (Wildman–Crippen LogP) is 3.88. The van der Waals surface area contributed by atoms with Gasteiger partial charge in [0.2, 0.25) is 7.37 Å². The van der Waals surface area contributed by atoms with Crippen LogP contribution in [0.15, 0.2) is 23.8 Å². The van der Waals surface area contributed by atoms with Crippen LogP contribution in [0.2, 0.25) is 0 Å². The lowest BCUT2D eigenvalue weighted by Crippen LogP contribution is -1.70. The Balaban J connectivity index is 4.00. The quantitative estimate of drug-likeness (QED) is 0.663. The highest BCUT2D eigenvalue weighted by molar-refractivity contribution is 7.64. The minimum Gasteiger partial charge on any atom is -0.339 e. The van der Waals surface area contributed by atoms with Gasteiger partial charge in [-0.25, -0.2) is 0 Å². The van der Waals surface area contributed by atoms with Crippen molar-refractivity contribution in [2.75, 3.05) is 0 Å². The van der Waals surface area contributed by atoms with Gasteiger partial charge in [-0.1, -0.05) is 38.8 Å². The Bertz CT molecular complexity index is 199. The summed E-state index contributed by atoms with van der Waals surface area (Å²) < 4.78 is 11.3. The van der Waals surface area contributed by atoms with Crippen LogP contribution in [0.1, 0.15) is 39.5 Å². The van der Waals surface area contributed by atoms with Gasteiger partial charge >= 0.3 is 0 Å². The molecule has 0 saturated heterocycles. The maximum atomic E-state index is 11.3. The zero-order valence-electron chi connectivity index (χ0n) is 8.44. The fourth-order valence-corrected chi connectivity index (χ4v) is 1.84. The summed E-state index contributed by atoms with van der Waals surface area (Å²) in [6.07, 6.45) is 7.30. The van der Waals surface area contributed by atoms with Gasteiger partial charge in [0.25, 0.3) is 0 Å². The van der Waals surface area contributed by atoms with Gasteiger partial charge in [-0.05, 0) is 12.8 Å². The Labute approximate surface area is 80.8 Å². The van der Waals surface area contributed by atoms with E-state index in [2.05, 4.69) is 0 Å². The minimum absolute atomic E-state index is 0.867. The number of rotatable bonds is 6. The van der Waals surface area contributed by atoms with Crippen LogP contribution in [0, 0.1) is 0 Å². The molecule has 0 aromatic heterocycles. The zero-order chi connectivity index (χ0) is 10.2. The van der Waals surface area contributed by atoms with Crippen LogP contribution in [0.5, 0.6) is 0 Å². The van der Waals surface area contributed by atoms with Gasteiger partial charge in [-0.3, -0.25) is 4.57 Å². The van der Waals surface area contributed by atoms with Crippen LogP contribution in [0.4, 0.5) is 0 Å². The normalized spacial score (nSPS) is 16.8. The molecule has 0 bridgehead atoms. The molecule has 0 unspecified atom stereocenters. The van der Waals surface area contributed by atoms with Crippen LogP contribution >= 0.6 is 7.37 Å². The van der Waals surface area contributed by atoms with E-state index in [1.165, 1.54) is 11.6 Å². The standard InChI is InChI=1S/C10H19O2P/c1-3-5-7-9-13(11,12)10-8-6-4-2/h7-10H,3-6H2,1-2H3,(H,11,12). The average molecular weight is 202 g/mol. The molecule has 0 heterocycles. The molecule has 3 heteroatoms. The molecule has 0 aromatic carbocycles. The zero-order valence-corrected chi connectivity index (χ0v) is 9.33. The number of hydrogen-bond donors (Lipinski definition) is 1. The third-order valence-corrected chi connectivity index (χ3v) is 2.82. The summed E-state index contributed by atoms with van der Waals surface area (Å²) in [5.41, 5.74) is 0. The van der Waals surface area contributed by atoms with Gasteiger partial charge in [0.1, 0.15) is 0 Å². The van der Waals surface area contributed by atoms with Crippen molar-refractivity contribution in [3.8, 4) is 0 Å². The first-order valence-corrected chi connectivity index (χ1v) is 6.59. The molecule has 1 N–H and O–H groups in total. The van der Waals surface area contributed by atoms with Gasteiger partial charge in [0.15, 0.2) is 0 Å². The van der Waals surface area contributed by atoms with Gasteiger partial charge in [-0.15, -0.1) is 0 Å². The largest absolute Gasteiger partial charge is 0.339 e. The van der Waals surface area contributed by atoms with Gasteiger partial charge < -0.3 is 4.89 Å². The first-order chi connectivity index (χ1) is 6.12. The summed E-state index contributed by atoms with van der Waals surface area (Å²) in [5, 5.41) is 0. The van der Waals surface area contributed by atoms with E-state index in [0.717, 1.165) is 25.7 Å². The SMILES string of the molecule is CCCC=CP(=O)(O)C=CCCC. The van der Waals surface area contributed by atoms with Crippen molar-refractivity contribution < 1.29 is 9.46 Å². The molecule has 0 aliphatic rings. The second-order valence-corrected chi connectivity index (χ2v) is 4.96. The highest BCUT2D eigenvalue weighted by Gasteiger charge is 2.05. The topological polar surface area (TPSA) is 37.3 Å². The molecule has 0 radical (unpaired) electrons. The van der Waals surface area contributed by atoms with E-state index in [1.807, 2.05) is 13.8 Å². The van der Waals surface area contributed by atoms with Crippen LogP contribution in [0.25, 0.3) is 0 Å². The molecule has 0 rings (SSSR count). The molecule has 0 aliphatic carbocycles. The van der Waals surface area contributed by atoms with E-state index in [4.69, 9.17) is 0 Å². The number of unbranched alkanes of at least 4 members (excludes halogenated alkanes) is 2. The summed E-state index contributed by atoms with van der Waals surface area (Å²) in [7, 11) is -3.11. The summed E-state index contributed by atoms with van der Waals surface area (Å²) >= 11 is 0. The lowest BCUT2D eigenvalue weighted by Gasteiger charge is -1.98. The second kappa shape index (κ2) is 7.11. The molecule has 0 atom stereocenters. The van der Waals surface area contributed by atoms with Crippen LogP contribution in [-0.2, 0) is 4.57 Å². The van der Waals surface area contributed by atoms with Gasteiger partial charge in [0, 0.05) is 11.6 Å². The Kier molecular flexibility index (Phi) is 6.93. The fourth-order valence-electron chi connectivity index (χ4n) is 0.834. The second-order valence-electron chi connectivity index (χ2n) is 3.02.